The largest absolute Gasteiger partial charge is 0.508 e. The van der Waals surface area contributed by atoms with Crippen molar-refractivity contribution in [2.24, 2.45) is 5.73 Å². The number of nitrogens with two attached hydrogens (primary N) is 1. The molecule has 6 nitrogen and oxygen atoms in total. The Kier molecular flexibility index (Phi) is 4.40. The predicted molar refractivity (Wildman–Crippen MR) is 91.6 cm³/mol. The number of hydrogen-bond donors (Lipinski definition) is 2. The molecule has 0 fully saturated rings. The fourth-order valence-electron chi connectivity index (χ4n) is 2.93. The Labute approximate surface area is 145 Å². The minimum absolute atomic E-state index is 0.0263. The molecule has 3 N–H and O–H groups in total. The lowest BCUT2D eigenvalue weighted by atomic mass is 9.83. The molecule has 0 saturated heterocycles. The van der Waals surface area contributed by atoms with Gasteiger partial charge in [-0.15, -0.1) is 0 Å². The molecule has 0 spiro atoms. The fourth-order valence-corrected chi connectivity index (χ4v) is 2.93. The van der Waals surface area contributed by atoms with Gasteiger partial charge in [0.1, 0.15) is 23.1 Å². The first-order valence-corrected chi connectivity index (χ1v) is 7.80. The van der Waals surface area contributed by atoms with E-state index >= 15 is 0 Å². The van der Waals surface area contributed by atoms with E-state index in [1.54, 1.807) is 25.3 Å². The van der Waals surface area contributed by atoms with Crippen LogP contribution in [-0.2, 0) is 0 Å². The molecule has 1 heterocycles. The van der Waals surface area contributed by atoms with Gasteiger partial charge in [0.05, 0.1) is 19.6 Å². The van der Waals surface area contributed by atoms with Crippen molar-refractivity contribution in [1.82, 2.24) is 0 Å². The van der Waals surface area contributed by atoms with Crippen molar-refractivity contribution in [1.29, 1.82) is 5.26 Å². The lowest BCUT2D eigenvalue weighted by Crippen LogP contribution is -2.21. The van der Waals surface area contributed by atoms with E-state index in [0.29, 0.717) is 29.4 Å². The van der Waals surface area contributed by atoms with Gasteiger partial charge in [-0.3, -0.25) is 0 Å². The molecule has 0 bridgehead atoms. The molecule has 0 saturated carbocycles. The molecule has 0 amide bonds. The number of benzene rings is 2. The van der Waals surface area contributed by atoms with Crippen LogP contribution in [-0.4, -0.2) is 18.8 Å². The van der Waals surface area contributed by atoms with Crippen LogP contribution in [0.15, 0.2) is 47.9 Å². The van der Waals surface area contributed by atoms with E-state index in [0.717, 1.165) is 11.1 Å². The lowest BCUT2D eigenvalue weighted by Gasteiger charge is -2.27. The zero-order valence-electron chi connectivity index (χ0n) is 13.9. The summed E-state index contributed by atoms with van der Waals surface area (Å²) >= 11 is 0. The normalized spacial score (nSPS) is 15.8. The Morgan fingerprint density at radius 1 is 1.24 bits per heavy atom. The van der Waals surface area contributed by atoms with Crippen LogP contribution in [0.25, 0.3) is 0 Å². The van der Waals surface area contributed by atoms with Gasteiger partial charge >= 0.3 is 0 Å². The maximum absolute atomic E-state index is 9.69. The molecule has 6 heteroatoms. The molecule has 1 aliphatic rings. The van der Waals surface area contributed by atoms with Crippen LogP contribution in [0.5, 0.6) is 23.0 Å². The van der Waals surface area contributed by atoms with Crippen molar-refractivity contribution < 1.29 is 19.3 Å². The Morgan fingerprint density at radius 3 is 2.72 bits per heavy atom. The molecule has 128 valence electrons. The molecule has 2 aromatic rings. The van der Waals surface area contributed by atoms with Gasteiger partial charge in [0.25, 0.3) is 0 Å². The molecule has 1 aliphatic heterocycles. The van der Waals surface area contributed by atoms with Gasteiger partial charge in [-0.25, -0.2) is 0 Å². The molecular formula is C19H18N2O4. The lowest BCUT2D eigenvalue weighted by molar-refractivity contribution is 0.310. The minimum atomic E-state index is -0.418. The fraction of sp³-hybridized carbons (Fsp3) is 0.211. The van der Waals surface area contributed by atoms with Crippen LogP contribution in [0.2, 0.25) is 0 Å². The van der Waals surface area contributed by atoms with Crippen molar-refractivity contribution in [2.45, 2.75) is 12.8 Å². The predicted octanol–water partition coefficient (Wildman–Crippen LogP) is 3.02. The Balaban J connectivity index is 2.16. The molecule has 2 aromatic carbocycles. The number of fused-ring (bicyclic) bond motifs is 1. The summed E-state index contributed by atoms with van der Waals surface area (Å²) in [4.78, 5) is 0. The Hall–Kier alpha value is -3.33. The van der Waals surface area contributed by atoms with Crippen molar-refractivity contribution in [3.63, 3.8) is 0 Å². The summed E-state index contributed by atoms with van der Waals surface area (Å²) in [7, 11) is 1.56. The Bertz CT molecular complexity index is 883. The quantitative estimate of drug-likeness (QED) is 0.889. The zero-order chi connectivity index (χ0) is 18.0. The third kappa shape index (κ3) is 2.92. The molecule has 0 aliphatic carbocycles. The minimum Gasteiger partial charge on any atom is -0.508 e. The third-order valence-electron chi connectivity index (χ3n) is 4.02. The average Bonchev–Trinajstić information content (AvgIpc) is 2.61. The van der Waals surface area contributed by atoms with Gasteiger partial charge in [-0.05, 0) is 30.7 Å². The van der Waals surface area contributed by atoms with Gasteiger partial charge in [-0.1, -0.05) is 12.1 Å². The number of phenolic OH excluding ortho intramolecular Hbond substituents is 1. The molecule has 1 atom stereocenters. The van der Waals surface area contributed by atoms with Crippen molar-refractivity contribution in [2.75, 3.05) is 13.7 Å². The molecule has 0 unspecified atom stereocenters. The van der Waals surface area contributed by atoms with Crippen LogP contribution >= 0.6 is 0 Å². The van der Waals surface area contributed by atoms with Crippen LogP contribution < -0.4 is 19.9 Å². The number of aromatic hydroxyl groups is 1. The summed E-state index contributed by atoms with van der Waals surface area (Å²) in [6.45, 7) is 2.41. The van der Waals surface area contributed by atoms with Crippen LogP contribution in [0, 0.1) is 11.3 Å². The summed E-state index contributed by atoms with van der Waals surface area (Å²) in [5, 5.41) is 19.3. The second-order valence-electron chi connectivity index (χ2n) is 5.49. The van der Waals surface area contributed by atoms with E-state index in [-0.39, 0.29) is 11.6 Å². The second kappa shape index (κ2) is 6.65. The molecule has 3 rings (SSSR count). The Morgan fingerprint density at radius 2 is 2.04 bits per heavy atom. The van der Waals surface area contributed by atoms with E-state index in [9.17, 15) is 10.4 Å². The van der Waals surface area contributed by atoms with Crippen molar-refractivity contribution in [3.8, 4) is 29.1 Å². The van der Waals surface area contributed by atoms with E-state index in [4.69, 9.17) is 19.9 Å². The monoisotopic (exact) mass is 338 g/mol. The highest BCUT2D eigenvalue weighted by molar-refractivity contribution is 5.58. The highest BCUT2D eigenvalue weighted by Gasteiger charge is 2.31. The summed E-state index contributed by atoms with van der Waals surface area (Å²) < 4.78 is 16.5. The van der Waals surface area contributed by atoms with Crippen molar-refractivity contribution >= 4 is 0 Å². The number of phenols is 1. The molecular weight excluding hydrogens is 320 g/mol. The van der Waals surface area contributed by atoms with Crippen molar-refractivity contribution in [3.05, 3.63) is 59.0 Å². The topological polar surface area (TPSA) is 97.7 Å². The molecule has 0 aromatic heterocycles. The summed E-state index contributed by atoms with van der Waals surface area (Å²) in [6, 6.07) is 12.4. The highest BCUT2D eigenvalue weighted by atomic mass is 16.5. The number of rotatable bonds is 4. The smallest absolute Gasteiger partial charge is 0.205 e. The van der Waals surface area contributed by atoms with Crippen LogP contribution in [0.3, 0.4) is 0 Å². The zero-order valence-corrected chi connectivity index (χ0v) is 13.9. The number of methoxy groups -OCH3 is 1. The average molecular weight is 338 g/mol. The summed E-state index contributed by atoms with van der Waals surface area (Å²) in [5.74, 6) is 1.30. The van der Waals surface area contributed by atoms with Gasteiger partial charge < -0.3 is 25.1 Å². The van der Waals surface area contributed by atoms with E-state index < -0.39 is 5.92 Å². The number of ether oxygens (including phenoxy) is 3. The standard InChI is InChI=1S/C19H18N2O4/c1-3-24-15-7-4-11(8-17(15)23-2)18-13-6-5-12(22)9-16(13)25-19(21)14(18)10-20/h4-9,18,22H,3,21H2,1-2H3/t18-/m1/s1. The first-order valence-electron chi connectivity index (χ1n) is 7.80. The number of hydrogen-bond acceptors (Lipinski definition) is 6. The second-order valence-corrected chi connectivity index (χ2v) is 5.49. The summed E-state index contributed by atoms with van der Waals surface area (Å²) in [6.07, 6.45) is 0. The van der Waals surface area contributed by atoms with E-state index in [1.807, 2.05) is 19.1 Å². The highest BCUT2D eigenvalue weighted by Crippen LogP contribution is 2.44. The number of nitrogens with zero attached hydrogens (tertiary/aromatic N) is 1. The first kappa shape index (κ1) is 16.5. The van der Waals surface area contributed by atoms with E-state index in [1.165, 1.54) is 6.07 Å². The third-order valence-corrected chi connectivity index (χ3v) is 4.02. The number of nitriles is 1. The van der Waals surface area contributed by atoms with E-state index in [2.05, 4.69) is 6.07 Å². The van der Waals surface area contributed by atoms with Gasteiger partial charge in [0, 0.05) is 11.6 Å². The molecule has 25 heavy (non-hydrogen) atoms. The van der Waals surface area contributed by atoms with Gasteiger partial charge in [-0.2, -0.15) is 5.26 Å². The maximum atomic E-state index is 9.69. The summed E-state index contributed by atoms with van der Waals surface area (Å²) in [5.41, 5.74) is 7.80. The van der Waals surface area contributed by atoms with Crippen LogP contribution in [0.4, 0.5) is 0 Å². The SMILES string of the molecule is CCOc1ccc([C@H]2C(C#N)=C(N)Oc3cc(O)ccc32)cc1OC. The molecule has 0 radical (unpaired) electrons. The maximum Gasteiger partial charge on any atom is 0.205 e. The van der Waals surface area contributed by atoms with Gasteiger partial charge in [0.2, 0.25) is 5.88 Å². The van der Waals surface area contributed by atoms with Gasteiger partial charge in [0.15, 0.2) is 11.5 Å². The van der Waals surface area contributed by atoms with Crippen LogP contribution in [0.1, 0.15) is 24.0 Å². The number of allylic oxidation sites excluding steroid dienone is 1. The first-order chi connectivity index (χ1) is 12.1.